The van der Waals surface area contributed by atoms with Crippen molar-refractivity contribution in [3.8, 4) is 6.07 Å². The smallest absolute Gasteiger partial charge is 0.322 e. The van der Waals surface area contributed by atoms with Gasteiger partial charge in [-0.15, -0.1) is 11.3 Å². The highest BCUT2D eigenvalue weighted by molar-refractivity contribution is 7.17. The van der Waals surface area contributed by atoms with Gasteiger partial charge in [-0.1, -0.05) is 18.2 Å². The van der Waals surface area contributed by atoms with Crippen LogP contribution in [0.1, 0.15) is 34.3 Å². The van der Waals surface area contributed by atoms with Gasteiger partial charge in [0.15, 0.2) is 0 Å². The number of aromatic nitrogens is 2. The molecule has 0 aliphatic carbocycles. The van der Waals surface area contributed by atoms with E-state index in [0.717, 1.165) is 24.2 Å². The molecule has 1 saturated heterocycles. The predicted octanol–water partition coefficient (Wildman–Crippen LogP) is 1.12. The van der Waals surface area contributed by atoms with Crippen molar-refractivity contribution >= 4 is 39.4 Å². The SMILES string of the molecule is N#Cc1ccccc1Cn1c(N2CCCC(N)C2)nc2c(C(=O)NCC(=O)O)csc2c1=O. The van der Waals surface area contributed by atoms with E-state index >= 15 is 0 Å². The zero-order valence-electron chi connectivity index (χ0n) is 17.7. The van der Waals surface area contributed by atoms with Crippen LogP contribution in [0.25, 0.3) is 10.2 Å². The van der Waals surface area contributed by atoms with Gasteiger partial charge in [0.1, 0.15) is 16.8 Å². The van der Waals surface area contributed by atoms with Crippen molar-refractivity contribution < 1.29 is 14.7 Å². The Kier molecular flexibility index (Phi) is 6.39. The Morgan fingerprint density at radius 2 is 2.15 bits per heavy atom. The summed E-state index contributed by atoms with van der Waals surface area (Å²) < 4.78 is 1.81. The van der Waals surface area contributed by atoms with Crippen LogP contribution in [0.15, 0.2) is 34.4 Å². The van der Waals surface area contributed by atoms with E-state index in [0.29, 0.717) is 30.2 Å². The second-order valence-corrected chi connectivity index (χ2v) is 8.70. The van der Waals surface area contributed by atoms with E-state index in [4.69, 9.17) is 15.8 Å². The predicted molar refractivity (Wildman–Crippen MR) is 124 cm³/mol. The molecular weight excluding hydrogens is 444 g/mol. The van der Waals surface area contributed by atoms with E-state index in [2.05, 4.69) is 11.4 Å². The average molecular weight is 467 g/mol. The summed E-state index contributed by atoms with van der Waals surface area (Å²) in [5.74, 6) is -1.40. The number of carbonyl (C=O) groups excluding carboxylic acids is 1. The van der Waals surface area contributed by atoms with Crippen molar-refractivity contribution in [3.63, 3.8) is 0 Å². The third-order valence-electron chi connectivity index (χ3n) is 5.51. The summed E-state index contributed by atoms with van der Waals surface area (Å²) in [6.45, 7) is 0.760. The number of nitrogens with two attached hydrogens (primary N) is 1. The summed E-state index contributed by atoms with van der Waals surface area (Å²) in [6.07, 6.45) is 1.70. The Morgan fingerprint density at radius 3 is 2.88 bits per heavy atom. The number of nitrogens with zero attached hydrogens (tertiary/aromatic N) is 4. The zero-order valence-corrected chi connectivity index (χ0v) is 18.5. The lowest BCUT2D eigenvalue weighted by atomic mass is 10.1. The molecule has 3 aromatic rings. The minimum absolute atomic E-state index is 0.0768. The first kappa shape index (κ1) is 22.4. The topological polar surface area (TPSA) is 154 Å². The van der Waals surface area contributed by atoms with Crippen LogP contribution in [0.2, 0.25) is 0 Å². The van der Waals surface area contributed by atoms with Gasteiger partial charge in [0.05, 0.1) is 23.7 Å². The standard InChI is InChI=1S/C22H22N6O4S/c23-8-13-4-1-2-5-14(13)10-28-21(32)19-18(16(12-33-19)20(31)25-9-17(29)30)26-22(28)27-7-3-6-15(24)11-27/h1-2,4-5,12,15H,3,6-7,9-11,24H2,(H,25,31)(H,29,30). The average Bonchev–Trinajstić information content (AvgIpc) is 3.24. The molecule has 0 bridgehead atoms. The Hall–Kier alpha value is -3.75. The van der Waals surface area contributed by atoms with E-state index in [9.17, 15) is 19.6 Å². The van der Waals surface area contributed by atoms with E-state index in [1.807, 2.05) is 4.90 Å². The molecule has 1 aliphatic heterocycles. The number of hydrogen-bond acceptors (Lipinski definition) is 8. The highest BCUT2D eigenvalue weighted by atomic mass is 32.1. The van der Waals surface area contributed by atoms with Crippen molar-refractivity contribution in [2.24, 2.45) is 5.73 Å². The number of fused-ring (bicyclic) bond motifs is 1. The summed E-state index contributed by atoms with van der Waals surface area (Å²) in [4.78, 5) is 43.6. The van der Waals surface area contributed by atoms with Gasteiger partial charge in [0, 0.05) is 24.5 Å². The molecule has 11 heteroatoms. The van der Waals surface area contributed by atoms with Gasteiger partial charge in [0.2, 0.25) is 5.95 Å². The van der Waals surface area contributed by atoms with Crippen molar-refractivity contribution in [3.05, 3.63) is 56.7 Å². The van der Waals surface area contributed by atoms with Crippen LogP contribution in [0.5, 0.6) is 0 Å². The molecule has 170 valence electrons. The number of piperidine rings is 1. The molecule has 4 N–H and O–H groups in total. The molecular formula is C22H22N6O4S. The van der Waals surface area contributed by atoms with Gasteiger partial charge in [-0.2, -0.15) is 5.26 Å². The first-order valence-electron chi connectivity index (χ1n) is 10.4. The Balaban J connectivity index is 1.85. The summed E-state index contributed by atoms with van der Waals surface area (Å²) in [5.41, 5.74) is 7.37. The van der Waals surface area contributed by atoms with Crippen molar-refractivity contribution in [2.45, 2.75) is 25.4 Å². The maximum absolute atomic E-state index is 13.5. The molecule has 1 aliphatic rings. The number of aliphatic carboxylic acids is 1. The van der Waals surface area contributed by atoms with Gasteiger partial charge < -0.3 is 21.1 Å². The maximum atomic E-state index is 13.5. The Labute approximate surface area is 192 Å². The van der Waals surface area contributed by atoms with E-state index in [1.165, 1.54) is 9.95 Å². The summed E-state index contributed by atoms with van der Waals surface area (Å²) in [6, 6.07) is 9.13. The fourth-order valence-corrected chi connectivity index (χ4v) is 4.85. The molecule has 4 rings (SSSR count). The number of nitrogens with one attached hydrogen (secondary N) is 1. The van der Waals surface area contributed by atoms with Gasteiger partial charge in [-0.05, 0) is 24.5 Å². The van der Waals surface area contributed by atoms with Crippen molar-refractivity contribution in [1.82, 2.24) is 14.9 Å². The maximum Gasteiger partial charge on any atom is 0.322 e. The van der Waals surface area contributed by atoms with Crippen LogP contribution in [0, 0.1) is 11.3 Å². The summed E-state index contributed by atoms with van der Waals surface area (Å²) >= 11 is 1.08. The van der Waals surface area contributed by atoms with Gasteiger partial charge in [-0.3, -0.25) is 19.0 Å². The largest absolute Gasteiger partial charge is 0.480 e. The molecule has 1 fully saturated rings. The number of hydrogen-bond donors (Lipinski definition) is 3. The number of rotatable bonds is 6. The normalized spacial score (nSPS) is 15.9. The zero-order chi connectivity index (χ0) is 23.5. The molecule has 0 spiro atoms. The van der Waals surface area contributed by atoms with Crippen LogP contribution >= 0.6 is 11.3 Å². The van der Waals surface area contributed by atoms with Crippen LogP contribution in [0.3, 0.4) is 0 Å². The van der Waals surface area contributed by atoms with E-state index in [1.54, 1.807) is 24.3 Å². The summed E-state index contributed by atoms with van der Waals surface area (Å²) in [7, 11) is 0. The molecule has 1 amide bonds. The lowest BCUT2D eigenvalue weighted by molar-refractivity contribution is -0.135. The number of amides is 1. The first-order valence-corrected chi connectivity index (χ1v) is 11.3. The molecule has 3 heterocycles. The second kappa shape index (κ2) is 9.40. The molecule has 0 saturated carbocycles. The fraction of sp³-hybridized carbons (Fsp3) is 0.318. The Bertz CT molecular complexity index is 1320. The van der Waals surface area contributed by atoms with Crippen LogP contribution < -0.4 is 21.5 Å². The molecule has 1 atom stereocenters. The number of benzene rings is 1. The van der Waals surface area contributed by atoms with Gasteiger partial charge in [-0.25, -0.2) is 4.98 Å². The first-order chi connectivity index (χ1) is 15.9. The van der Waals surface area contributed by atoms with Gasteiger partial charge >= 0.3 is 5.97 Å². The lowest BCUT2D eigenvalue weighted by Crippen LogP contribution is -2.45. The molecule has 10 nitrogen and oxygen atoms in total. The minimum Gasteiger partial charge on any atom is -0.480 e. The molecule has 1 unspecified atom stereocenters. The monoisotopic (exact) mass is 466 g/mol. The molecule has 0 radical (unpaired) electrons. The number of anilines is 1. The number of carboxylic acids is 1. The third-order valence-corrected chi connectivity index (χ3v) is 6.47. The fourth-order valence-electron chi connectivity index (χ4n) is 3.91. The van der Waals surface area contributed by atoms with Gasteiger partial charge in [0.25, 0.3) is 11.5 Å². The van der Waals surface area contributed by atoms with Crippen LogP contribution in [-0.2, 0) is 11.3 Å². The molecule has 1 aromatic carbocycles. The second-order valence-electron chi connectivity index (χ2n) is 7.82. The number of carboxylic acid groups (broad SMARTS) is 1. The van der Waals surface area contributed by atoms with Crippen LogP contribution in [-0.4, -0.2) is 52.2 Å². The summed E-state index contributed by atoms with van der Waals surface area (Å²) in [5, 5.41) is 22.2. The number of carbonyl (C=O) groups is 2. The van der Waals surface area contributed by atoms with Crippen molar-refractivity contribution in [1.29, 1.82) is 5.26 Å². The Morgan fingerprint density at radius 1 is 1.36 bits per heavy atom. The van der Waals surface area contributed by atoms with E-state index < -0.39 is 18.4 Å². The van der Waals surface area contributed by atoms with E-state index in [-0.39, 0.29) is 33.9 Å². The minimum atomic E-state index is -1.17. The highest BCUT2D eigenvalue weighted by Gasteiger charge is 2.25. The molecule has 33 heavy (non-hydrogen) atoms. The van der Waals surface area contributed by atoms with Crippen molar-refractivity contribution in [2.75, 3.05) is 24.5 Å². The highest BCUT2D eigenvalue weighted by Crippen LogP contribution is 2.26. The number of thiophene rings is 1. The lowest BCUT2D eigenvalue weighted by Gasteiger charge is -2.33. The molecule has 2 aromatic heterocycles. The quantitative estimate of drug-likeness (QED) is 0.488. The number of nitriles is 1. The van der Waals surface area contributed by atoms with Crippen LogP contribution in [0.4, 0.5) is 5.95 Å². The third kappa shape index (κ3) is 4.57.